The van der Waals surface area contributed by atoms with Gasteiger partial charge in [-0.2, -0.15) is 0 Å². The molecule has 2 fully saturated rings. The van der Waals surface area contributed by atoms with Crippen LogP contribution in [0.25, 0.3) is 0 Å². The third-order valence-electron chi connectivity index (χ3n) is 3.39. The molecule has 2 saturated carbocycles. The average molecular weight is 212 g/mol. The molecule has 2 aliphatic rings. The Labute approximate surface area is 88.9 Å². The molecule has 0 aromatic carbocycles. The van der Waals surface area contributed by atoms with Gasteiger partial charge in [0, 0.05) is 19.8 Å². The van der Waals surface area contributed by atoms with Gasteiger partial charge in [-0.1, -0.05) is 0 Å². The second-order valence-corrected chi connectivity index (χ2v) is 4.46. The van der Waals surface area contributed by atoms with Gasteiger partial charge in [0.2, 0.25) is 0 Å². The van der Waals surface area contributed by atoms with Crippen molar-refractivity contribution in [3.05, 3.63) is 0 Å². The third kappa shape index (κ3) is 1.98. The van der Waals surface area contributed by atoms with Crippen LogP contribution >= 0.6 is 0 Å². The molecule has 0 spiro atoms. The summed E-state index contributed by atoms with van der Waals surface area (Å²) in [5.41, 5.74) is 0. The number of rotatable bonds is 2. The largest absolute Gasteiger partial charge is 0.462 e. The van der Waals surface area contributed by atoms with Gasteiger partial charge in [-0.3, -0.25) is 9.59 Å². The molecule has 4 nitrogen and oxygen atoms in total. The minimum Gasteiger partial charge on any atom is -0.462 e. The average Bonchev–Trinajstić information content (AvgIpc) is 2.60. The van der Waals surface area contributed by atoms with Gasteiger partial charge in [-0.25, -0.2) is 0 Å². The first-order chi connectivity index (χ1) is 7.08. The molecule has 0 aromatic heterocycles. The highest BCUT2D eigenvalue weighted by atomic mass is 16.6. The minimum atomic E-state index is -0.242. The van der Waals surface area contributed by atoms with Crippen LogP contribution in [0.15, 0.2) is 0 Å². The SMILES string of the molecule is CC(=O)O[C@H]1[C@@H]2CC[C@@H]1[C@@H](OC(C)=O)C2. The Morgan fingerprint density at radius 1 is 1.07 bits per heavy atom. The maximum Gasteiger partial charge on any atom is 0.302 e. The highest BCUT2D eigenvalue weighted by Crippen LogP contribution is 2.47. The summed E-state index contributed by atoms with van der Waals surface area (Å²) in [4.78, 5) is 21.8. The first-order valence-corrected chi connectivity index (χ1v) is 5.42. The Bertz CT molecular complexity index is 286. The molecule has 0 amide bonds. The van der Waals surface area contributed by atoms with Gasteiger partial charge in [0.15, 0.2) is 0 Å². The van der Waals surface area contributed by atoms with Crippen LogP contribution in [0, 0.1) is 11.8 Å². The number of esters is 2. The number of hydrogen-bond acceptors (Lipinski definition) is 4. The Morgan fingerprint density at radius 2 is 1.73 bits per heavy atom. The predicted octanol–water partition coefficient (Wildman–Crippen LogP) is 1.28. The smallest absolute Gasteiger partial charge is 0.302 e. The third-order valence-corrected chi connectivity index (χ3v) is 3.39. The first kappa shape index (κ1) is 10.5. The summed E-state index contributed by atoms with van der Waals surface area (Å²) >= 11 is 0. The summed E-state index contributed by atoms with van der Waals surface area (Å²) in [6, 6.07) is 0. The quantitative estimate of drug-likeness (QED) is 0.647. The van der Waals surface area contributed by atoms with E-state index in [1.54, 1.807) is 0 Å². The lowest BCUT2D eigenvalue weighted by Crippen LogP contribution is -2.27. The van der Waals surface area contributed by atoms with E-state index in [1.165, 1.54) is 13.8 Å². The monoisotopic (exact) mass is 212 g/mol. The minimum absolute atomic E-state index is 0.0214. The molecule has 4 heteroatoms. The van der Waals surface area contributed by atoms with E-state index in [2.05, 4.69) is 0 Å². The van der Waals surface area contributed by atoms with Crippen molar-refractivity contribution in [2.24, 2.45) is 11.8 Å². The van der Waals surface area contributed by atoms with E-state index in [9.17, 15) is 9.59 Å². The summed E-state index contributed by atoms with van der Waals surface area (Å²) in [5.74, 6) is 0.139. The van der Waals surface area contributed by atoms with E-state index in [0.29, 0.717) is 5.92 Å². The second-order valence-electron chi connectivity index (χ2n) is 4.46. The van der Waals surface area contributed by atoms with Crippen molar-refractivity contribution < 1.29 is 19.1 Å². The van der Waals surface area contributed by atoms with Crippen LogP contribution < -0.4 is 0 Å². The molecule has 0 N–H and O–H groups in total. The summed E-state index contributed by atoms with van der Waals surface area (Å²) in [6.45, 7) is 2.85. The summed E-state index contributed by atoms with van der Waals surface area (Å²) in [7, 11) is 0. The molecule has 2 rings (SSSR count). The fourth-order valence-electron chi connectivity index (χ4n) is 2.93. The zero-order valence-electron chi connectivity index (χ0n) is 9.06. The van der Waals surface area contributed by atoms with Crippen LogP contribution in [0.3, 0.4) is 0 Å². The van der Waals surface area contributed by atoms with Gasteiger partial charge >= 0.3 is 11.9 Å². The molecule has 0 saturated heterocycles. The molecule has 0 aliphatic heterocycles. The van der Waals surface area contributed by atoms with Gasteiger partial charge in [-0.15, -0.1) is 0 Å². The van der Waals surface area contributed by atoms with Crippen molar-refractivity contribution in [3.8, 4) is 0 Å². The molecule has 0 unspecified atom stereocenters. The van der Waals surface area contributed by atoms with Crippen LogP contribution in [0.2, 0.25) is 0 Å². The fourth-order valence-corrected chi connectivity index (χ4v) is 2.93. The van der Waals surface area contributed by atoms with Crippen molar-refractivity contribution in [1.82, 2.24) is 0 Å². The topological polar surface area (TPSA) is 52.6 Å². The molecule has 0 aromatic rings. The summed E-state index contributed by atoms with van der Waals surface area (Å²) < 4.78 is 10.5. The lowest BCUT2D eigenvalue weighted by molar-refractivity contribution is -0.152. The van der Waals surface area contributed by atoms with Crippen molar-refractivity contribution in [3.63, 3.8) is 0 Å². The van der Waals surface area contributed by atoms with Crippen molar-refractivity contribution >= 4 is 11.9 Å². The number of carbonyl (C=O) groups excluding carboxylic acids is 2. The molecule has 4 atom stereocenters. The van der Waals surface area contributed by atoms with E-state index in [1.807, 2.05) is 0 Å². The molecular weight excluding hydrogens is 196 g/mol. The Balaban J connectivity index is 1.99. The molecule has 15 heavy (non-hydrogen) atoms. The molecule has 0 heterocycles. The van der Waals surface area contributed by atoms with Crippen LogP contribution in [0.1, 0.15) is 33.1 Å². The van der Waals surface area contributed by atoms with E-state index >= 15 is 0 Å². The van der Waals surface area contributed by atoms with Gasteiger partial charge in [0.1, 0.15) is 12.2 Å². The standard InChI is InChI=1S/C11H16O4/c1-6(12)14-10-5-8-3-4-9(10)11(8)15-7(2)13/h8-11H,3-5H2,1-2H3/t8-,9-,10+,11+/m1/s1. The number of fused-ring (bicyclic) bond motifs is 2. The lowest BCUT2D eigenvalue weighted by atomic mass is 9.98. The lowest BCUT2D eigenvalue weighted by Gasteiger charge is -2.21. The number of carbonyl (C=O) groups is 2. The normalized spacial score (nSPS) is 37.7. The molecule has 84 valence electrons. The summed E-state index contributed by atoms with van der Waals surface area (Å²) in [5, 5.41) is 0. The van der Waals surface area contributed by atoms with Crippen LogP contribution in [-0.2, 0) is 19.1 Å². The van der Waals surface area contributed by atoms with E-state index in [-0.39, 0.29) is 30.1 Å². The van der Waals surface area contributed by atoms with Gasteiger partial charge in [-0.05, 0) is 25.2 Å². The van der Waals surface area contributed by atoms with Gasteiger partial charge in [0.05, 0.1) is 0 Å². The maximum absolute atomic E-state index is 10.9. The first-order valence-electron chi connectivity index (χ1n) is 5.42. The van der Waals surface area contributed by atoms with Crippen LogP contribution in [0.5, 0.6) is 0 Å². The Kier molecular flexibility index (Phi) is 2.67. The Morgan fingerprint density at radius 3 is 2.33 bits per heavy atom. The van der Waals surface area contributed by atoms with Crippen LogP contribution in [-0.4, -0.2) is 24.1 Å². The van der Waals surface area contributed by atoms with E-state index < -0.39 is 0 Å². The highest BCUT2D eigenvalue weighted by Gasteiger charge is 2.51. The molecule has 0 radical (unpaired) electrons. The molecular formula is C11H16O4. The van der Waals surface area contributed by atoms with Gasteiger partial charge in [0.25, 0.3) is 0 Å². The highest BCUT2D eigenvalue weighted by molar-refractivity contribution is 5.67. The molecule has 2 aliphatic carbocycles. The van der Waals surface area contributed by atoms with E-state index in [0.717, 1.165) is 19.3 Å². The zero-order valence-corrected chi connectivity index (χ0v) is 9.06. The fraction of sp³-hybridized carbons (Fsp3) is 0.818. The predicted molar refractivity (Wildman–Crippen MR) is 51.9 cm³/mol. The van der Waals surface area contributed by atoms with E-state index in [4.69, 9.17) is 9.47 Å². The van der Waals surface area contributed by atoms with Crippen molar-refractivity contribution in [2.45, 2.75) is 45.3 Å². The van der Waals surface area contributed by atoms with Crippen LogP contribution in [0.4, 0.5) is 0 Å². The second kappa shape index (κ2) is 3.83. The van der Waals surface area contributed by atoms with Gasteiger partial charge < -0.3 is 9.47 Å². The number of ether oxygens (including phenoxy) is 2. The van der Waals surface area contributed by atoms with Crippen molar-refractivity contribution in [1.29, 1.82) is 0 Å². The zero-order chi connectivity index (χ0) is 11.0. The van der Waals surface area contributed by atoms with Crippen molar-refractivity contribution in [2.75, 3.05) is 0 Å². The summed E-state index contributed by atoms with van der Waals surface area (Å²) in [6.07, 6.45) is 2.88. The number of hydrogen-bond donors (Lipinski definition) is 0. The Hall–Kier alpha value is -1.06. The molecule has 2 bridgehead atoms. The maximum atomic E-state index is 10.9.